The van der Waals surface area contributed by atoms with Crippen LogP contribution in [0.5, 0.6) is 5.88 Å². The zero-order valence-electron chi connectivity index (χ0n) is 24.6. The molecule has 1 saturated carbocycles. The molecule has 2 aliphatic rings. The van der Waals surface area contributed by atoms with Crippen molar-refractivity contribution >= 4 is 36.0 Å². The highest BCUT2D eigenvalue weighted by Gasteiger charge is 2.37. The Bertz CT molecular complexity index is 1110. The van der Waals surface area contributed by atoms with E-state index in [1.807, 2.05) is 20.8 Å². The van der Waals surface area contributed by atoms with Crippen LogP contribution in [0.1, 0.15) is 90.5 Å². The number of hydrogen-bond donors (Lipinski definition) is 1. The van der Waals surface area contributed by atoms with Crippen molar-refractivity contribution < 1.29 is 18.7 Å². The van der Waals surface area contributed by atoms with E-state index in [9.17, 15) is 4.79 Å². The van der Waals surface area contributed by atoms with E-state index < -0.39 is 13.9 Å². The largest absolute Gasteiger partial charge is 0.474 e. The summed E-state index contributed by atoms with van der Waals surface area (Å²) in [4.78, 5) is 23.8. The van der Waals surface area contributed by atoms with Crippen molar-refractivity contribution in [1.82, 2.24) is 15.3 Å². The summed E-state index contributed by atoms with van der Waals surface area (Å²) in [6.45, 7) is 18.1. The summed E-state index contributed by atoms with van der Waals surface area (Å²) < 4.78 is 18.4. The maximum absolute atomic E-state index is 12.2. The Morgan fingerprint density at radius 2 is 1.79 bits per heavy atom. The second-order valence-corrected chi connectivity index (χ2v) is 19.5. The molecule has 0 spiro atoms. The molecule has 2 aliphatic carbocycles. The molecule has 9 heteroatoms. The maximum Gasteiger partial charge on any atom is 0.407 e. The summed E-state index contributed by atoms with van der Waals surface area (Å²) in [6.07, 6.45) is 9.35. The van der Waals surface area contributed by atoms with Gasteiger partial charge in [0.1, 0.15) is 22.9 Å². The lowest BCUT2D eigenvalue weighted by Gasteiger charge is -2.36. The Morgan fingerprint density at radius 1 is 1.08 bits per heavy atom. The molecule has 7 nitrogen and oxygen atoms in total. The second-order valence-electron chi connectivity index (χ2n) is 13.6. The van der Waals surface area contributed by atoms with Crippen LogP contribution < -0.4 is 10.1 Å². The Labute approximate surface area is 233 Å². The van der Waals surface area contributed by atoms with Crippen molar-refractivity contribution in [2.75, 3.05) is 6.61 Å². The second kappa shape index (κ2) is 11.4. The van der Waals surface area contributed by atoms with Crippen LogP contribution in [0.15, 0.2) is 6.33 Å². The molecule has 0 aromatic carbocycles. The molecule has 2 aromatic heterocycles. The number of hydrogen-bond acceptors (Lipinski definition) is 7. The van der Waals surface area contributed by atoms with Gasteiger partial charge in [-0.15, -0.1) is 11.3 Å². The van der Waals surface area contributed by atoms with Gasteiger partial charge in [-0.3, -0.25) is 0 Å². The average Bonchev–Trinajstić information content (AvgIpc) is 3.17. The third-order valence-electron chi connectivity index (χ3n) is 8.38. The number of carbonyl (C=O) groups is 1. The number of nitrogens with zero attached hydrogens (tertiary/aromatic N) is 2. The summed E-state index contributed by atoms with van der Waals surface area (Å²) in [6, 6.07) is 0.123. The van der Waals surface area contributed by atoms with E-state index in [2.05, 4.69) is 49.1 Å². The van der Waals surface area contributed by atoms with Gasteiger partial charge in [0.05, 0.1) is 5.39 Å². The van der Waals surface area contributed by atoms with E-state index in [1.165, 1.54) is 16.9 Å². The van der Waals surface area contributed by atoms with Crippen LogP contribution in [-0.2, 0) is 22.0 Å². The number of aromatic nitrogens is 2. The summed E-state index contributed by atoms with van der Waals surface area (Å²) >= 11 is 1.80. The van der Waals surface area contributed by atoms with E-state index in [-0.39, 0.29) is 23.3 Å². The van der Waals surface area contributed by atoms with Crippen LogP contribution in [0.3, 0.4) is 0 Å². The van der Waals surface area contributed by atoms with Crippen molar-refractivity contribution in [1.29, 1.82) is 0 Å². The van der Waals surface area contributed by atoms with Gasteiger partial charge in [0.2, 0.25) is 5.88 Å². The summed E-state index contributed by atoms with van der Waals surface area (Å²) in [7, 11) is -1.72. The van der Waals surface area contributed by atoms with Gasteiger partial charge >= 0.3 is 6.09 Å². The summed E-state index contributed by atoms with van der Waals surface area (Å²) in [5.74, 6) is 1.35. The minimum Gasteiger partial charge on any atom is -0.474 e. The fourth-order valence-corrected chi connectivity index (χ4v) is 7.38. The van der Waals surface area contributed by atoms with Crippen LogP contribution in [0.2, 0.25) is 18.1 Å². The molecule has 1 fully saturated rings. The number of alkyl carbamates (subject to hydrolysis) is 1. The quantitative estimate of drug-likeness (QED) is 0.354. The van der Waals surface area contributed by atoms with Crippen molar-refractivity contribution in [3.8, 4) is 5.88 Å². The zero-order chi connectivity index (χ0) is 27.7. The third kappa shape index (κ3) is 7.27. The normalized spacial score (nSPS) is 22.7. The van der Waals surface area contributed by atoms with Gasteiger partial charge in [-0.1, -0.05) is 20.8 Å². The van der Waals surface area contributed by atoms with Gasteiger partial charge in [-0.05, 0) is 102 Å². The molecule has 0 bridgehead atoms. The molecular formula is C29H47N3O4SSi. The molecule has 0 saturated heterocycles. The van der Waals surface area contributed by atoms with Crippen LogP contribution in [0.4, 0.5) is 4.79 Å². The van der Waals surface area contributed by atoms with E-state index in [4.69, 9.17) is 13.9 Å². The number of fused-ring (bicyclic) bond motifs is 3. The monoisotopic (exact) mass is 561 g/mol. The summed E-state index contributed by atoms with van der Waals surface area (Å²) in [5, 5.41) is 4.38. The molecule has 2 heterocycles. The molecule has 2 aromatic rings. The van der Waals surface area contributed by atoms with Gasteiger partial charge in [-0.2, -0.15) is 0 Å². The topological polar surface area (TPSA) is 82.6 Å². The molecule has 1 atom stereocenters. The average molecular weight is 562 g/mol. The lowest BCUT2D eigenvalue weighted by molar-refractivity contribution is 0.0470. The Balaban J connectivity index is 1.36. The fourth-order valence-electron chi connectivity index (χ4n) is 5.14. The van der Waals surface area contributed by atoms with E-state index in [0.717, 1.165) is 67.6 Å². The van der Waals surface area contributed by atoms with E-state index in [1.54, 1.807) is 17.7 Å². The van der Waals surface area contributed by atoms with Crippen molar-refractivity contribution in [2.45, 2.75) is 129 Å². The van der Waals surface area contributed by atoms with Gasteiger partial charge in [0.25, 0.3) is 0 Å². The number of ether oxygens (including phenoxy) is 2. The predicted molar refractivity (Wildman–Crippen MR) is 157 cm³/mol. The smallest absolute Gasteiger partial charge is 0.407 e. The number of amides is 1. The molecule has 0 aliphatic heterocycles. The maximum atomic E-state index is 12.2. The molecule has 0 unspecified atom stereocenters. The number of thiophene rings is 1. The molecular weight excluding hydrogens is 514 g/mol. The summed E-state index contributed by atoms with van der Waals surface area (Å²) in [5.41, 5.74) is 0.906. The first-order valence-electron chi connectivity index (χ1n) is 14.3. The zero-order valence-corrected chi connectivity index (χ0v) is 26.4. The first-order valence-corrected chi connectivity index (χ1v) is 18.0. The predicted octanol–water partition coefficient (Wildman–Crippen LogP) is 7.42. The lowest BCUT2D eigenvalue weighted by Crippen LogP contribution is -2.42. The van der Waals surface area contributed by atoms with Gasteiger partial charge in [-0.25, -0.2) is 14.8 Å². The molecule has 38 heavy (non-hydrogen) atoms. The highest BCUT2D eigenvalue weighted by molar-refractivity contribution is 7.18. The minimum absolute atomic E-state index is 0.0951. The highest BCUT2D eigenvalue weighted by Crippen LogP contribution is 2.42. The Hall–Kier alpha value is -1.71. The van der Waals surface area contributed by atoms with Gasteiger partial charge in [0.15, 0.2) is 8.32 Å². The van der Waals surface area contributed by atoms with Gasteiger partial charge < -0.3 is 19.2 Å². The SMILES string of the molecule is CC(C)(C)OC(=O)NC1CCC(Oc2ncnc3sc4c(c23)C[C@H](CCO[Si](C)(C)C(C)(C)C)CC4)CC1. The number of rotatable bonds is 7. The van der Waals surface area contributed by atoms with E-state index in [0.29, 0.717) is 5.92 Å². The minimum atomic E-state index is -1.72. The van der Waals surface area contributed by atoms with Crippen molar-refractivity contribution in [3.05, 3.63) is 16.8 Å². The fraction of sp³-hybridized carbons (Fsp3) is 0.759. The van der Waals surface area contributed by atoms with Crippen molar-refractivity contribution in [2.24, 2.45) is 5.92 Å². The third-order valence-corrected chi connectivity index (χ3v) is 14.1. The highest BCUT2D eigenvalue weighted by atomic mass is 32.1. The molecule has 0 radical (unpaired) electrons. The Morgan fingerprint density at radius 3 is 2.45 bits per heavy atom. The number of aryl methyl sites for hydroxylation is 1. The van der Waals surface area contributed by atoms with Crippen LogP contribution >= 0.6 is 11.3 Å². The standard InChI is InChI=1S/C29H47N3O4SSi/c1-28(2,3)36-27(33)32-20-10-12-21(13-11-20)35-25-24-22-17-19(15-16-34-38(7,8)29(4,5)6)9-14-23(22)37-26(24)31-18-30-25/h18-21H,9-17H2,1-8H3,(H,32,33)/t19-,20?,21?/m0/s1. The Kier molecular flexibility index (Phi) is 8.79. The first kappa shape index (κ1) is 29.3. The van der Waals surface area contributed by atoms with Gasteiger partial charge in [0, 0.05) is 17.5 Å². The van der Waals surface area contributed by atoms with Crippen LogP contribution in [-0.4, -0.2) is 48.7 Å². The molecule has 1 N–H and O–H groups in total. The van der Waals surface area contributed by atoms with Crippen molar-refractivity contribution in [3.63, 3.8) is 0 Å². The van der Waals surface area contributed by atoms with Crippen LogP contribution in [0.25, 0.3) is 10.2 Å². The van der Waals surface area contributed by atoms with E-state index >= 15 is 0 Å². The lowest BCUT2D eigenvalue weighted by atomic mass is 9.85. The molecule has 212 valence electrons. The number of carbonyl (C=O) groups excluding carboxylic acids is 1. The van der Waals surface area contributed by atoms with Crippen LogP contribution in [0, 0.1) is 5.92 Å². The number of nitrogens with one attached hydrogen (secondary N) is 1. The molecule has 1 amide bonds. The molecule has 4 rings (SSSR count). The first-order chi connectivity index (χ1) is 17.7.